The average molecular weight is 382 g/mol. The minimum atomic E-state index is -1.06. The maximum atomic E-state index is 13.1. The summed E-state index contributed by atoms with van der Waals surface area (Å²) in [6.45, 7) is 3.38. The van der Waals surface area contributed by atoms with Gasteiger partial charge in [0.2, 0.25) is 11.9 Å². The minimum Gasteiger partial charge on any atom is -0.384 e. The summed E-state index contributed by atoms with van der Waals surface area (Å²) >= 11 is 0. The highest BCUT2D eigenvalue weighted by Crippen LogP contribution is 2.37. The number of benzene rings is 1. The van der Waals surface area contributed by atoms with E-state index in [1.807, 2.05) is 10.6 Å². The number of halogens is 1. The highest BCUT2D eigenvalue weighted by Gasteiger charge is 2.27. The van der Waals surface area contributed by atoms with Crippen LogP contribution >= 0.6 is 0 Å². The van der Waals surface area contributed by atoms with Crippen molar-refractivity contribution >= 4 is 23.0 Å². The first-order valence-corrected chi connectivity index (χ1v) is 9.47. The second-order valence-electron chi connectivity index (χ2n) is 7.84. The van der Waals surface area contributed by atoms with Gasteiger partial charge in [0.05, 0.1) is 12.1 Å². The number of hydrogen-bond acceptors (Lipinski definition) is 4. The van der Waals surface area contributed by atoms with Crippen LogP contribution in [0.25, 0.3) is 11.2 Å². The third-order valence-corrected chi connectivity index (χ3v) is 5.13. The monoisotopic (exact) mass is 382 g/mol. The van der Waals surface area contributed by atoms with Gasteiger partial charge in [0, 0.05) is 6.04 Å². The van der Waals surface area contributed by atoms with Crippen molar-refractivity contribution in [1.29, 1.82) is 0 Å². The molecule has 0 radical (unpaired) electrons. The molecule has 6 nitrogen and oxygen atoms in total. The second kappa shape index (κ2) is 6.98. The predicted octanol–water partition coefficient (Wildman–Crippen LogP) is 3.70. The van der Waals surface area contributed by atoms with Crippen molar-refractivity contribution in [3.05, 3.63) is 53.5 Å². The summed E-state index contributed by atoms with van der Waals surface area (Å²) in [5.74, 6) is -0.0815. The number of nitrogens with one attached hydrogen (secondary N) is 1. The number of aliphatic hydroxyl groups is 1. The van der Waals surface area contributed by atoms with E-state index in [0.717, 1.165) is 24.8 Å². The fourth-order valence-corrected chi connectivity index (χ4v) is 3.35. The Kier molecular flexibility index (Phi) is 4.63. The van der Waals surface area contributed by atoms with Gasteiger partial charge in [-0.05, 0) is 62.9 Å². The van der Waals surface area contributed by atoms with Gasteiger partial charge in [0.15, 0.2) is 5.65 Å². The molecule has 0 aliphatic heterocycles. The second-order valence-corrected chi connectivity index (χ2v) is 7.84. The van der Waals surface area contributed by atoms with Crippen LogP contribution in [0.15, 0.2) is 36.4 Å². The van der Waals surface area contributed by atoms with Crippen LogP contribution < -0.4 is 5.32 Å². The molecule has 1 saturated carbocycles. The molecule has 1 amide bonds. The molecule has 2 aromatic heterocycles. The van der Waals surface area contributed by atoms with E-state index in [4.69, 9.17) is 0 Å². The van der Waals surface area contributed by atoms with E-state index >= 15 is 0 Å². The number of amides is 1. The Morgan fingerprint density at radius 1 is 1.21 bits per heavy atom. The Morgan fingerprint density at radius 3 is 2.54 bits per heavy atom. The van der Waals surface area contributed by atoms with Gasteiger partial charge in [-0.2, -0.15) is 0 Å². The van der Waals surface area contributed by atoms with E-state index in [1.54, 1.807) is 32.0 Å². The molecular weight excluding hydrogens is 359 g/mol. The normalized spacial score (nSPS) is 14.9. The quantitative estimate of drug-likeness (QED) is 0.705. The Hall–Kier alpha value is -2.80. The SMILES string of the molecule is CC(C)(O)c1ccc2nc(NC(=O)Cc3ccc(F)cc3)n(C3CCC3)c2n1. The van der Waals surface area contributed by atoms with Gasteiger partial charge < -0.3 is 5.11 Å². The van der Waals surface area contributed by atoms with Gasteiger partial charge in [-0.15, -0.1) is 0 Å². The minimum absolute atomic E-state index is 0.135. The molecule has 2 N–H and O–H groups in total. The first-order chi connectivity index (χ1) is 13.3. The van der Waals surface area contributed by atoms with Crippen molar-refractivity contribution in [1.82, 2.24) is 14.5 Å². The van der Waals surface area contributed by atoms with Crippen LogP contribution in [0.5, 0.6) is 0 Å². The zero-order valence-electron chi connectivity index (χ0n) is 15.9. The Labute approximate surface area is 162 Å². The van der Waals surface area contributed by atoms with Crippen LogP contribution in [-0.2, 0) is 16.8 Å². The summed E-state index contributed by atoms with van der Waals surface area (Å²) in [5.41, 5.74) is 1.57. The zero-order valence-corrected chi connectivity index (χ0v) is 15.9. The van der Waals surface area contributed by atoms with E-state index < -0.39 is 5.60 Å². The van der Waals surface area contributed by atoms with Crippen LogP contribution in [0, 0.1) is 5.82 Å². The fourth-order valence-electron chi connectivity index (χ4n) is 3.35. The summed E-state index contributed by atoms with van der Waals surface area (Å²) < 4.78 is 15.0. The molecule has 1 aliphatic rings. The molecule has 0 atom stereocenters. The topological polar surface area (TPSA) is 80.0 Å². The zero-order chi connectivity index (χ0) is 19.9. The molecule has 1 aromatic carbocycles. The van der Waals surface area contributed by atoms with Crippen LogP contribution in [0.1, 0.15) is 50.4 Å². The van der Waals surface area contributed by atoms with Crippen molar-refractivity contribution in [2.75, 3.05) is 5.32 Å². The number of anilines is 1. The molecule has 1 aliphatic carbocycles. The number of hydrogen-bond donors (Lipinski definition) is 2. The fraction of sp³-hybridized carbons (Fsp3) is 0.381. The molecule has 0 spiro atoms. The van der Waals surface area contributed by atoms with E-state index in [-0.39, 0.29) is 24.2 Å². The maximum Gasteiger partial charge on any atom is 0.231 e. The lowest BCUT2D eigenvalue weighted by Gasteiger charge is -2.28. The van der Waals surface area contributed by atoms with Crippen LogP contribution in [-0.4, -0.2) is 25.5 Å². The Balaban J connectivity index is 1.65. The van der Waals surface area contributed by atoms with Gasteiger partial charge in [-0.25, -0.2) is 14.4 Å². The van der Waals surface area contributed by atoms with Gasteiger partial charge in [0.1, 0.15) is 16.9 Å². The average Bonchev–Trinajstić information content (AvgIpc) is 2.92. The lowest BCUT2D eigenvalue weighted by Crippen LogP contribution is -2.24. The standard InChI is InChI=1S/C21H23FN4O2/c1-21(2,28)17-11-10-16-19(24-17)26(15-4-3-5-15)20(23-16)25-18(27)12-13-6-8-14(22)9-7-13/h6-11,15,28H,3-5,12H2,1-2H3,(H,23,25,27). The number of rotatable bonds is 5. The molecule has 0 bridgehead atoms. The van der Waals surface area contributed by atoms with Gasteiger partial charge in [-0.3, -0.25) is 14.7 Å². The van der Waals surface area contributed by atoms with Crippen molar-refractivity contribution in [3.63, 3.8) is 0 Å². The van der Waals surface area contributed by atoms with E-state index in [1.165, 1.54) is 12.1 Å². The van der Waals surface area contributed by atoms with Gasteiger partial charge >= 0.3 is 0 Å². The molecule has 146 valence electrons. The molecule has 7 heteroatoms. The first-order valence-electron chi connectivity index (χ1n) is 9.47. The molecule has 28 heavy (non-hydrogen) atoms. The summed E-state index contributed by atoms with van der Waals surface area (Å²) in [4.78, 5) is 21.7. The molecular formula is C21H23FN4O2. The molecule has 0 unspecified atom stereocenters. The Bertz CT molecular complexity index is 1020. The summed E-state index contributed by atoms with van der Waals surface area (Å²) in [6, 6.07) is 9.69. The first kappa shape index (κ1) is 18.6. The van der Waals surface area contributed by atoms with Crippen LogP contribution in [0.2, 0.25) is 0 Å². The van der Waals surface area contributed by atoms with Gasteiger partial charge in [-0.1, -0.05) is 12.1 Å². The molecule has 0 saturated heterocycles. The summed E-state index contributed by atoms with van der Waals surface area (Å²) in [6.07, 6.45) is 3.26. The smallest absolute Gasteiger partial charge is 0.231 e. The lowest BCUT2D eigenvalue weighted by molar-refractivity contribution is -0.115. The van der Waals surface area contributed by atoms with E-state index in [9.17, 15) is 14.3 Å². The van der Waals surface area contributed by atoms with Crippen molar-refractivity contribution in [2.45, 2.75) is 51.2 Å². The summed E-state index contributed by atoms with van der Waals surface area (Å²) in [5, 5.41) is 13.2. The van der Waals surface area contributed by atoms with Crippen molar-refractivity contribution in [3.8, 4) is 0 Å². The van der Waals surface area contributed by atoms with Crippen molar-refractivity contribution in [2.24, 2.45) is 0 Å². The van der Waals surface area contributed by atoms with Crippen LogP contribution in [0.3, 0.4) is 0 Å². The molecule has 2 heterocycles. The number of carbonyl (C=O) groups excluding carboxylic acids is 1. The highest BCUT2D eigenvalue weighted by atomic mass is 19.1. The number of pyridine rings is 1. The van der Waals surface area contributed by atoms with Gasteiger partial charge in [0.25, 0.3) is 0 Å². The van der Waals surface area contributed by atoms with E-state index in [0.29, 0.717) is 22.8 Å². The highest BCUT2D eigenvalue weighted by molar-refractivity contribution is 5.92. The third-order valence-electron chi connectivity index (χ3n) is 5.13. The molecule has 3 aromatic rings. The number of carbonyl (C=O) groups is 1. The molecule has 4 rings (SSSR count). The number of imidazole rings is 1. The lowest BCUT2D eigenvalue weighted by atomic mass is 9.93. The van der Waals surface area contributed by atoms with E-state index in [2.05, 4.69) is 15.3 Å². The number of fused-ring (bicyclic) bond motifs is 1. The Morgan fingerprint density at radius 2 is 1.93 bits per heavy atom. The summed E-state index contributed by atoms with van der Waals surface area (Å²) in [7, 11) is 0. The third kappa shape index (κ3) is 3.62. The number of nitrogens with zero attached hydrogens (tertiary/aromatic N) is 3. The maximum absolute atomic E-state index is 13.1. The predicted molar refractivity (Wildman–Crippen MR) is 104 cm³/mol. The molecule has 1 fully saturated rings. The largest absolute Gasteiger partial charge is 0.384 e. The number of aromatic nitrogens is 3. The van der Waals surface area contributed by atoms with Crippen LogP contribution in [0.4, 0.5) is 10.3 Å². The van der Waals surface area contributed by atoms with Crippen molar-refractivity contribution < 1.29 is 14.3 Å².